The molecular weight excluding hydrogens is 254 g/mol. The van der Waals surface area contributed by atoms with Crippen molar-refractivity contribution in [2.75, 3.05) is 12.8 Å². The van der Waals surface area contributed by atoms with Crippen LogP contribution in [0.2, 0.25) is 0 Å². The Morgan fingerprint density at radius 1 is 1.40 bits per heavy atom. The van der Waals surface area contributed by atoms with Crippen LogP contribution < -0.4 is 10.5 Å². The van der Waals surface area contributed by atoms with Gasteiger partial charge in [0.25, 0.3) is 0 Å². The Balaban J connectivity index is 2.04. The lowest BCUT2D eigenvalue weighted by Gasteiger charge is -2.29. The Bertz CT molecular complexity index is 473. The Morgan fingerprint density at radius 2 is 2.20 bits per heavy atom. The summed E-state index contributed by atoms with van der Waals surface area (Å²) in [5.41, 5.74) is 6.91. The molecule has 1 aliphatic rings. The maximum absolute atomic E-state index is 11.4. The van der Waals surface area contributed by atoms with Crippen LogP contribution in [0.4, 0.5) is 5.69 Å². The number of hydrogen-bond donors (Lipinski definition) is 1. The van der Waals surface area contributed by atoms with E-state index in [2.05, 4.69) is 11.7 Å². The Kier molecular flexibility index (Phi) is 4.88. The third-order valence-corrected chi connectivity index (χ3v) is 4.04. The van der Waals surface area contributed by atoms with E-state index in [0.29, 0.717) is 17.0 Å². The number of carbonyl (C=O) groups is 1. The molecule has 2 unspecified atom stereocenters. The van der Waals surface area contributed by atoms with Crippen LogP contribution in [0.15, 0.2) is 18.2 Å². The van der Waals surface area contributed by atoms with E-state index in [9.17, 15) is 4.79 Å². The van der Waals surface area contributed by atoms with Crippen molar-refractivity contribution in [3.8, 4) is 5.75 Å². The van der Waals surface area contributed by atoms with E-state index < -0.39 is 0 Å². The molecule has 2 atom stereocenters. The molecule has 4 heteroatoms. The molecule has 1 fully saturated rings. The van der Waals surface area contributed by atoms with Gasteiger partial charge in [-0.25, -0.2) is 4.79 Å². The van der Waals surface area contributed by atoms with Gasteiger partial charge in [0.2, 0.25) is 0 Å². The molecule has 0 aliphatic heterocycles. The van der Waals surface area contributed by atoms with Crippen LogP contribution in [-0.4, -0.2) is 19.2 Å². The zero-order valence-corrected chi connectivity index (χ0v) is 12.2. The first-order chi connectivity index (χ1) is 9.63. The molecule has 0 radical (unpaired) electrons. The number of methoxy groups -OCH3 is 1. The van der Waals surface area contributed by atoms with Gasteiger partial charge < -0.3 is 15.2 Å². The molecule has 0 saturated heterocycles. The molecule has 0 spiro atoms. The maximum atomic E-state index is 11.4. The van der Waals surface area contributed by atoms with Crippen molar-refractivity contribution in [2.45, 2.75) is 45.1 Å². The second-order valence-corrected chi connectivity index (χ2v) is 5.42. The van der Waals surface area contributed by atoms with Crippen LogP contribution in [0.3, 0.4) is 0 Å². The topological polar surface area (TPSA) is 61.5 Å². The van der Waals surface area contributed by atoms with Crippen LogP contribution >= 0.6 is 0 Å². The molecule has 0 heterocycles. The summed E-state index contributed by atoms with van der Waals surface area (Å²) < 4.78 is 10.7. The second kappa shape index (κ2) is 6.64. The summed E-state index contributed by atoms with van der Waals surface area (Å²) in [6.07, 6.45) is 6.12. The largest absolute Gasteiger partial charge is 0.488 e. The smallest absolute Gasteiger partial charge is 0.337 e. The number of ether oxygens (including phenoxy) is 2. The second-order valence-electron chi connectivity index (χ2n) is 5.42. The highest BCUT2D eigenvalue weighted by Crippen LogP contribution is 2.32. The van der Waals surface area contributed by atoms with Crippen LogP contribution in [0, 0.1) is 5.92 Å². The SMILES string of the molecule is CCC1CCCC(Oc2ccc(C(=O)OC)cc2N)C1. The molecule has 1 saturated carbocycles. The fraction of sp³-hybridized carbons (Fsp3) is 0.562. The molecule has 1 aromatic rings. The summed E-state index contributed by atoms with van der Waals surface area (Å²) >= 11 is 0. The van der Waals surface area contributed by atoms with Crippen molar-refractivity contribution in [1.82, 2.24) is 0 Å². The van der Waals surface area contributed by atoms with Crippen molar-refractivity contribution in [3.05, 3.63) is 23.8 Å². The maximum Gasteiger partial charge on any atom is 0.337 e. The summed E-state index contributed by atoms with van der Waals surface area (Å²) in [4.78, 5) is 11.4. The average Bonchev–Trinajstić information content (AvgIpc) is 2.48. The first-order valence-corrected chi connectivity index (χ1v) is 7.28. The van der Waals surface area contributed by atoms with Gasteiger partial charge in [0.15, 0.2) is 0 Å². The van der Waals surface area contributed by atoms with Crippen LogP contribution in [0.1, 0.15) is 49.4 Å². The first-order valence-electron chi connectivity index (χ1n) is 7.28. The number of benzene rings is 1. The lowest BCUT2D eigenvalue weighted by molar-refractivity contribution is 0.0600. The highest BCUT2D eigenvalue weighted by molar-refractivity contribution is 5.90. The molecule has 0 bridgehead atoms. The van der Waals surface area contributed by atoms with E-state index in [1.54, 1.807) is 18.2 Å². The van der Waals surface area contributed by atoms with Crippen molar-refractivity contribution >= 4 is 11.7 Å². The van der Waals surface area contributed by atoms with Crippen LogP contribution in [0.5, 0.6) is 5.75 Å². The van der Waals surface area contributed by atoms with Gasteiger partial charge in [-0.1, -0.05) is 19.8 Å². The number of anilines is 1. The standard InChI is InChI=1S/C16H23NO3/c1-3-11-5-4-6-13(9-11)20-15-8-7-12(10-14(15)17)16(18)19-2/h7-8,10-11,13H,3-6,9,17H2,1-2H3. The fourth-order valence-corrected chi connectivity index (χ4v) is 2.80. The quantitative estimate of drug-likeness (QED) is 0.676. The van der Waals surface area contributed by atoms with Crippen LogP contribution in [0.25, 0.3) is 0 Å². The number of nitrogen functional groups attached to an aromatic ring is 1. The van der Waals surface area contributed by atoms with Gasteiger partial charge >= 0.3 is 5.97 Å². The number of carbonyl (C=O) groups excluding carboxylic acids is 1. The number of hydrogen-bond acceptors (Lipinski definition) is 4. The van der Waals surface area contributed by atoms with Gasteiger partial charge in [0, 0.05) is 0 Å². The molecule has 110 valence electrons. The number of esters is 1. The lowest BCUT2D eigenvalue weighted by Crippen LogP contribution is -2.25. The molecule has 4 nitrogen and oxygen atoms in total. The minimum Gasteiger partial charge on any atom is -0.488 e. The van der Waals surface area contributed by atoms with Gasteiger partial charge in [0.05, 0.1) is 24.5 Å². The van der Waals surface area contributed by atoms with Gasteiger partial charge in [0.1, 0.15) is 5.75 Å². The highest BCUT2D eigenvalue weighted by Gasteiger charge is 2.22. The zero-order chi connectivity index (χ0) is 14.5. The van der Waals surface area contributed by atoms with Gasteiger partial charge in [-0.15, -0.1) is 0 Å². The van der Waals surface area contributed by atoms with Gasteiger partial charge in [-0.05, 0) is 43.4 Å². The summed E-state index contributed by atoms with van der Waals surface area (Å²) in [6.45, 7) is 2.23. The summed E-state index contributed by atoms with van der Waals surface area (Å²) in [6, 6.07) is 5.07. The van der Waals surface area contributed by atoms with E-state index in [4.69, 9.17) is 10.5 Å². The molecule has 0 aromatic heterocycles. The summed E-state index contributed by atoms with van der Waals surface area (Å²) in [7, 11) is 1.36. The third-order valence-electron chi connectivity index (χ3n) is 4.04. The molecule has 1 aromatic carbocycles. The Labute approximate surface area is 120 Å². The van der Waals surface area contributed by atoms with E-state index >= 15 is 0 Å². The van der Waals surface area contributed by atoms with E-state index in [1.165, 1.54) is 26.4 Å². The highest BCUT2D eigenvalue weighted by atomic mass is 16.5. The third kappa shape index (κ3) is 3.44. The molecule has 0 amide bonds. The predicted molar refractivity (Wildman–Crippen MR) is 78.9 cm³/mol. The van der Waals surface area contributed by atoms with Gasteiger partial charge in [-0.2, -0.15) is 0 Å². The molecule has 2 rings (SSSR count). The lowest BCUT2D eigenvalue weighted by atomic mass is 9.85. The molecule has 20 heavy (non-hydrogen) atoms. The molecular formula is C16H23NO3. The molecule has 1 aliphatic carbocycles. The number of rotatable bonds is 4. The summed E-state index contributed by atoms with van der Waals surface area (Å²) in [5, 5.41) is 0. The van der Waals surface area contributed by atoms with Crippen molar-refractivity contribution < 1.29 is 14.3 Å². The van der Waals surface area contributed by atoms with Crippen molar-refractivity contribution in [1.29, 1.82) is 0 Å². The van der Waals surface area contributed by atoms with Crippen molar-refractivity contribution in [3.63, 3.8) is 0 Å². The fourth-order valence-electron chi connectivity index (χ4n) is 2.80. The average molecular weight is 277 g/mol. The first kappa shape index (κ1) is 14.7. The van der Waals surface area contributed by atoms with E-state index in [-0.39, 0.29) is 12.1 Å². The number of nitrogens with two attached hydrogens (primary N) is 1. The van der Waals surface area contributed by atoms with Crippen LogP contribution in [-0.2, 0) is 4.74 Å². The summed E-state index contributed by atoms with van der Waals surface area (Å²) in [5.74, 6) is 1.04. The minimum absolute atomic E-state index is 0.236. The predicted octanol–water partition coefficient (Wildman–Crippen LogP) is 3.40. The van der Waals surface area contributed by atoms with E-state index in [0.717, 1.165) is 18.8 Å². The van der Waals surface area contributed by atoms with Crippen molar-refractivity contribution in [2.24, 2.45) is 5.92 Å². The normalized spacial score (nSPS) is 22.3. The Morgan fingerprint density at radius 3 is 2.85 bits per heavy atom. The minimum atomic E-state index is -0.382. The molecule has 2 N–H and O–H groups in total. The zero-order valence-electron chi connectivity index (χ0n) is 12.2. The monoisotopic (exact) mass is 277 g/mol. The van der Waals surface area contributed by atoms with Gasteiger partial charge in [-0.3, -0.25) is 0 Å². The Hall–Kier alpha value is -1.71. The van der Waals surface area contributed by atoms with E-state index in [1.807, 2.05) is 0 Å².